The average Bonchev–Trinajstić information content (AvgIpc) is 2.86. The summed E-state index contributed by atoms with van der Waals surface area (Å²) in [6.45, 7) is 0.244. The van der Waals surface area contributed by atoms with E-state index >= 15 is 0 Å². The van der Waals surface area contributed by atoms with Crippen molar-refractivity contribution >= 4 is 17.6 Å². The summed E-state index contributed by atoms with van der Waals surface area (Å²) >= 11 is 1.48. The first kappa shape index (κ1) is 11.8. The highest BCUT2D eigenvalue weighted by molar-refractivity contribution is 7.17. The number of carbonyl (C=O) groups is 1. The second kappa shape index (κ2) is 5.61. The third-order valence-electron chi connectivity index (χ3n) is 2.23. The van der Waals surface area contributed by atoms with Crippen LogP contribution in [0, 0.1) is 0 Å². The minimum atomic E-state index is 0.244. The fourth-order valence-electron chi connectivity index (χ4n) is 1.41. The Kier molecular flexibility index (Phi) is 3.90. The molecule has 2 aromatic rings. The summed E-state index contributed by atoms with van der Waals surface area (Å²) in [5.74, 6) is 0.766. The van der Waals surface area contributed by atoms with Crippen molar-refractivity contribution in [3.05, 3.63) is 41.3 Å². The lowest BCUT2D eigenvalue weighted by Gasteiger charge is -2.04. The van der Waals surface area contributed by atoms with Crippen LogP contribution in [0.2, 0.25) is 0 Å². The molecule has 0 bridgehead atoms. The van der Waals surface area contributed by atoms with Crippen molar-refractivity contribution in [1.82, 2.24) is 0 Å². The molecule has 0 saturated heterocycles. The van der Waals surface area contributed by atoms with E-state index in [-0.39, 0.29) is 6.79 Å². The largest absolute Gasteiger partial charge is 0.468 e. The van der Waals surface area contributed by atoms with Crippen molar-refractivity contribution < 1.29 is 14.3 Å². The van der Waals surface area contributed by atoms with Crippen molar-refractivity contribution in [1.29, 1.82) is 0 Å². The summed E-state index contributed by atoms with van der Waals surface area (Å²) in [6.07, 6.45) is 0.865. The van der Waals surface area contributed by atoms with Gasteiger partial charge in [-0.1, -0.05) is 0 Å². The molecule has 2 rings (SSSR count). The smallest absolute Gasteiger partial charge is 0.188 e. The van der Waals surface area contributed by atoms with E-state index < -0.39 is 0 Å². The summed E-state index contributed by atoms with van der Waals surface area (Å²) in [5, 5.41) is 0. The Bertz CT molecular complexity index is 488. The number of benzene rings is 1. The van der Waals surface area contributed by atoms with E-state index in [9.17, 15) is 4.79 Å². The van der Waals surface area contributed by atoms with Gasteiger partial charge in [0, 0.05) is 12.0 Å². The molecular weight excluding hydrogens is 236 g/mol. The Balaban J connectivity index is 2.14. The van der Waals surface area contributed by atoms with Crippen LogP contribution in [-0.2, 0) is 4.74 Å². The molecule has 88 valence electrons. The number of carbonyl (C=O) groups excluding carboxylic acids is 1. The molecule has 3 nitrogen and oxygen atoms in total. The first-order chi connectivity index (χ1) is 8.33. The molecule has 4 heteroatoms. The van der Waals surface area contributed by atoms with Gasteiger partial charge in [-0.2, -0.15) is 0 Å². The number of aldehydes is 1. The van der Waals surface area contributed by atoms with Crippen LogP contribution in [0.4, 0.5) is 0 Å². The second-order valence-electron chi connectivity index (χ2n) is 3.40. The van der Waals surface area contributed by atoms with E-state index in [0.717, 1.165) is 27.4 Å². The molecule has 0 atom stereocenters. The standard InChI is InChI=1S/C13H12O3S/c1-15-9-16-11-4-2-10(3-5-11)13-7-6-12(8-14)17-13/h2-8H,9H2,1H3. The van der Waals surface area contributed by atoms with Crippen molar-refractivity contribution in [2.45, 2.75) is 0 Å². The molecule has 0 N–H and O–H groups in total. The van der Waals surface area contributed by atoms with E-state index in [1.54, 1.807) is 7.11 Å². The van der Waals surface area contributed by atoms with Gasteiger partial charge >= 0.3 is 0 Å². The molecule has 0 unspecified atom stereocenters. The quantitative estimate of drug-likeness (QED) is 0.602. The van der Waals surface area contributed by atoms with Crippen molar-refractivity contribution in [3.63, 3.8) is 0 Å². The third kappa shape index (κ3) is 2.93. The zero-order chi connectivity index (χ0) is 12.1. The van der Waals surface area contributed by atoms with Crippen LogP contribution in [0.3, 0.4) is 0 Å². The molecule has 0 aliphatic heterocycles. The van der Waals surface area contributed by atoms with Crippen LogP contribution >= 0.6 is 11.3 Å². The van der Waals surface area contributed by atoms with Gasteiger partial charge in [0.25, 0.3) is 0 Å². The Hall–Kier alpha value is -1.65. The molecular formula is C13H12O3S. The highest BCUT2D eigenvalue weighted by atomic mass is 32.1. The molecule has 0 fully saturated rings. The molecule has 0 aliphatic carbocycles. The van der Waals surface area contributed by atoms with Crippen LogP contribution in [0.1, 0.15) is 9.67 Å². The van der Waals surface area contributed by atoms with Gasteiger partial charge in [-0.15, -0.1) is 11.3 Å². The van der Waals surface area contributed by atoms with E-state index in [4.69, 9.17) is 9.47 Å². The number of methoxy groups -OCH3 is 1. The topological polar surface area (TPSA) is 35.5 Å². The minimum absolute atomic E-state index is 0.244. The first-order valence-electron chi connectivity index (χ1n) is 5.10. The molecule has 0 amide bonds. The van der Waals surface area contributed by atoms with Crippen LogP contribution in [0.5, 0.6) is 5.75 Å². The van der Waals surface area contributed by atoms with E-state index in [1.807, 2.05) is 36.4 Å². The normalized spacial score (nSPS) is 10.2. The monoisotopic (exact) mass is 248 g/mol. The number of hydrogen-bond donors (Lipinski definition) is 0. The van der Waals surface area contributed by atoms with Crippen molar-refractivity contribution in [3.8, 4) is 16.2 Å². The third-order valence-corrected chi connectivity index (χ3v) is 3.28. The molecule has 0 saturated carbocycles. The number of thiophene rings is 1. The Morgan fingerprint density at radius 1 is 1.18 bits per heavy atom. The van der Waals surface area contributed by atoms with Crippen LogP contribution in [-0.4, -0.2) is 20.2 Å². The Labute approximate surface area is 104 Å². The molecule has 1 aromatic carbocycles. The van der Waals surface area contributed by atoms with Gasteiger partial charge in [-0.05, 0) is 42.0 Å². The van der Waals surface area contributed by atoms with Gasteiger partial charge in [-0.3, -0.25) is 4.79 Å². The van der Waals surface area contributed by atoms with Gasteiger partial charge in [0.2, 0.25) is 0 Å². The molecule has 0 aliphatic rings. The fraction of sp³-hybridized carbons (Fsp3) is 0.154. The molecule has 17 heavy (non-hydrogen) atoms. The summed E-state index contributed by atoms with van der Waals surface area (Å²) < 4.78 is 10.1. The first-order valence-corrected chi connectivity index (χ1v) is 5.92. The molecule has 1 aromatic heterocycles. The van der Waals surface area contributed by atoms with Gasteiger partial charge in [0.1, 0.15) is 5.75 Å². The fourth-order valence-corrected chi connectivity index (χ4v) is 2.24. The number of hydrogen-bond acceptors (Lipinski definition) is 4. The number of ether oxygens (including phenoxy) is 2. The van der Waals surface area contributed by atoms with E-state index in [2.05, 4.69) is 0 Å². The lowest BCUT2D eigenvalue weighted by molar-refractivity contribution is 0.0511. The number of rotatable bonds is 5. The zero-order valence-corrected chi connectivity index (χ0v) is 10.2. The Morgan fingerprint density at radius 3 is 2.53 bits per heavy atom. The second-order valence-corrected chi connectivity index (χ2v) is 4.51. The minimum Gasteiger partial charge on any atom is -0.468 e. The van der Waals surface area contributed by atoms with Gasteiger partial charge in [0.15, 0.2) is 13.1 Å². The van der Waals surface area contributed by atoms with Crippen molar-refractivity contribution in [2.75, 3.05) is 13.9 Å². The SMILES string of the molecule is COCOc1ccc(-c2ccc(C=O)s2)cc1. The predicted molar refractivity (Wildman–Crippen MR) is 67.6 cm³/mol. The zero-order valence-electron chi connectivity index (χ0n) is 9.38. The van der Waals surface area contributed by atoms with Crippen molar-refractivity contribution in [2.24, 2.45) is 0 Å². The van der Waals surface area contributed by atoms with Gasteiger partial charge in [-0.25, -0.2) is 0 Å². The maximum absolute atomic E-state index is 10.6. The predicted octanol–water partition coefficient (Wildman–Crippen LogP) is 3.21. The van der Waals surface area contributed by atoms with E-state index in [0.29, 0.717) is 0 Å². The lowest BCUT2D eigenvalue weighted by atomic mass is 10.2. The summed E-state index contributed by atoms with van der Waals surface area (Å²) in [7, 11) is 1.58. The molecule has 1 heterocycles. The van der Waals surface area contributed by atoms with Crippen LogP contribution < -0.4 is 4.74 Å². The average molecular weight is 248 g/mol. The maximum atomic E-state index is 10.6. The summed E-state index contributed by atoms with van der Waals surface area (Å²) in [4.78, 5) is 12.4. The summed E-state index contributed by atoms with van der Waals surface area (Å²) in [6, 6.07) is 11.5. The summed E-state index contributed by atoms with van der Waals surface area (Å²) in [5.41, 5.74) is 1.08. The highest BCUT2D eigenvalue weighted by Crippen LogP contribution is 2.28. The highest BCUT2D eigenvalue weighted by Gasteiger charge is 2.02. The van der Waals surface area contributed by atoms with Gasteiger partial charge < -0.3 is 9.47 Å². The Morgan fingerprint density at radius 2 is 1.94 bits per heavy atom. The molecule has 0 radical (unpaired) electrons. The van der Waals surface area contributed by atoms with Gasteiger partial charge in [0.05, 0.1) is 4.88 Å². The molecule has 0 spiro atoms. The maximum Gasteiger partial charge on any atom is 0.188 e. The van der Waals surface area contributed by atoms with E-state index in [1.165, 1.54) is 11.3 Å². The van der Waals surface area contributed by atoms with Crippen LogP contribution in [0.15, 0.2) is 36.4 Å². The lowest BCUT2D eigenvalue weighted by Crippen LogP contribution is -1.98. The van der Waals surface area contributed by atoms with Crippen LogP contribution in [0.25, 0.3) is 10.4 Å².